The Bertz CT molecular complexity index is 782. The molecule has 176 valence electrons. The van der Waals surface area contributed by atoms with Gasteiger partial charge in [0.05, 0.1) is 23.0 Å². The van der Waals surface area contributed by atoms with Crippen LogP contribution in [0.3, 0.4) is 0 Å². The van der Waals surface area contributed by atoms with Gasteiger partial charge in [-0.15, -0.1) is 0 Å². The zero-order valence-corrected chi connectivity index (χ0v) is 20.8. The molecule has 0 aliphatic rings. The number of carbonyl (C=O) groups is 1. The number of benzene rings is 2. The Kier molecular flexibility index (Phi) is 13.5. The summed E-state index contributed by atoms with van der Waals surface area (Å²) in [4.78, 5) is 17.5. The van der Waals surface area contributed by atoms with Crippen molar-refractivity contribution in [2.75, 3.05) is 11.7 Å². The van der Waals surface area contributed by atoms with E-state index >= 15 is 0 Å². The Balaban J connectivity index is 1.73. The molecule has 0 aromatic heterocycles. The molecule has 0 heterocycles. The van der Waals surface area contributed by atoms with Gasteiger partial charge in [0.25, 0.3) is 5.24 Å². The second kappa shape index (κ2) is 16.1. The zero-order valence-electron chi connectivity index (χ0n) is 19.3. The first-order valence-electron chi connectivity index (χ1n) is 12.1. The molecule has 5 heteroatoms. The van der Waals surface area contributed by atoms with E-state index in [1.807, 2.05) is 30.3 Å². The van der Waals surface area contributed by atoms with Gasteiger partial charge in [-0.05, 0) is 48.4 Å². The summed E-state index contributed by atoms with van der Waals surface area (Å²) in [5, 5.41) is 1.64. The van der Waals surface area contributed by atoms with Crippen LogP contribution in [0.25, 0.3) is 0 Å². The first kappa shape index (κ1) is 26.7. The molecule has 2 aromatic rings. The van der Waals surface area contributed by atoms with Gasteiger partial charge in [-0.3, -0.25) is 9.63 Å². The van der Waals surface area contributed by atoms with Crippen molar-refractivity contribution in [3.63, 3.8) is 0 Å². The van der Waals surface area contributed by atoms with Crippen LogP contribution in [0.4, 0.5) is 11.4 Å². The predicted molar refractivity (Wildman–Crippen MR) is 137 cm³/mol. The van der Waals surface area contributed by atoms with E-state index in [-0.39, 0.29) is 0 Å². The average molecular weight is 479 g/mol. The molecular weight excluding hydrogens is 441 g/mol. The van der Waals surface area contributed by atoms with E-state index in [1.54, 1.807) is 23.3 Å². The SMILES string of the molecule is CCCCCCCCCCCCCCON(c1ccccc1)c1ccc(C(=O)Cl)cc1Cl. The van der Waals surface area contributed by atoms with Crippen LogP contribution in [-0.2, 0) is 4.84 Å². The van der Waals surface area contributed by atoms with Gasteiger partial charge in [0.2, 0.25) is 0 Å². The fourth-order valence-electron chi connectivity index (χ4n) is 3.74. The van der Waals surface area contributed by atoms with Gasteiger partial charge < -0.3 is 0 Å². The predicted octanol–water partition coefficient (Wildman–Crippen LogP) is 9.49. The number of unbranched alkanes of at least 4 members (excludes halogenated alkanes) is 11. The van der Waals surface area contributed by atoms with Crippen molar-refractivity contribution in [3.8, 4) is 0 Å². The van der Waals surface area contributed by atoms with Crippen molar-refractivity contribution in [3.05, 3.63) is 59.1 Å². The standard InChI is InChI=1S/C27H37Cl2NO2/c1-2-3-4-5-6-7-8-9-10-11-12-16-21-32-30(24-17-14-13-15-18-24)26-20-19-23(27(29)31)22-25(26)28/h13-15,17-20,22H,2-12,16,21H2,1H3. The summed E-state index contributed by atoms with van der Waals surface area (Å²) >= 11 is 12.0. The quantitative estimate of drug-likeness (QED) is 0.129. The number of hydrogen-bond donors (Lipinski definition) is 0. The normalized spacial score (nSPS) is 11.0. The molecule has 0 bridgehead atoms. The van der Waals surface area contributed by atoms with Gasteiger partial charge in [-0.2, -0.15) is 0 Å². The Morgan fingerprint density at radius 2 is 1.38 bits per heavy atom. The molecule has 0 N–H and O–H groups in total. The lowest BCUT2D eigenvalue weighted by Crippen LogP contribution is -2.19. The van der Waals surface area contributed by atoms with Crippen molar-refractivity contribution in [2.45, 2.75) is 84.0 Å². The van der Waals surface area contributed by atoms with Crippen LogP contribution in [0.1, 0.15) is 94.3 Å². The Morgan fingerprint density at radius 1 is 0.812 bits per heavy atom. The molecule has 0 atom stereocenters. The molecule has 0 saturated carbocycles. The van der Waals surface area contributed by atoms with Crippen LogP contribution in [0.2, 0.25) is 5.02 Å². The Hall–Kier alpha value is -1.55. The smallest absolute Gasteiger partial charge is 0.252 e. The number of para-hydroxylation sites is 1. The molecule has 0 aliphatic carbocycles. The van der Waals surface area contributed by atoms with E-state index < -0.39 is 5.24 Å². The second-order valence-corrected chi connectivity index (χ2v) is 9.04. The molecule has 0 unspecified atom stereocenters. The molecule has 2 aromatic carbocycles. The summed E-state index contributed by atoms with van der Waals surface area (Å²) in [7, 11) is 0. The van der Waals surface area contributed by atoms with E-state index in [2.05, 4.69) is 6.92 Å². The van der Waals surface area contributed by atoms with Crippen LogP contribution >= 0.6 is 23.2 Å². The number of halogens is 2. The molecule has 0 aliphatic heterocycles. The zero-order chi connectivity index (χ0) is 23.0. The van der Waals surface area contributed by atoms with Crippen LogP contribution < -0.4 is 5.06 Å². The van der Waals surface area contributed by atoms with Crippen molar-refractivity contribution >= 4 is 39.8 Å². The minimum absolute atomic E-state index is 0.370. The Labute approximate surface area is 204 Å². The number of rotatable bonds is 17. The minimum atomic E-state index is -0.526. The van der Waals surface area contributed by atoms with Crippen LogP contribution in [0.15, 0.2) is 48.5 Å². The number of hydrogen-bond acceptors (Lipinski definition) is 3. The van der Waals surface area contributed by atoms with Gasteiger partial charge in [0.15, 0.2) is 0 Å². The first-order chi connectivity index (χ1) is 15.6. The summed E-state index contributed by atoms with van der Waals surface area (Å²) in [6.45, 7) is 2.88. The maximum absolute atomic E-state index is 11.4. The van der Waals surface area contributed by atoms with E-state index in [0.717, 1.165) is 18.5 Å². The van der Waals surface area contributed by atoms with Crippen molar-refractivity contribution in [1.29, 1.82) is 0 Å². The molecule has 0 amide bonds. The lowest BCUT2D eigenvalue weighted by molar-refractivity contribution is 0.108. The monoisotopic (exact) mass is 477 g/mol. The molecule has 0 spiro atoms. The highest BCUT2D eigenvalue weighted by molar-refractivity contribution is 6.67. The van der Waals surface area contributed by atoms with Gasteiger partial charge >= 0.3 is 0 Å². The van der Waals surface area contributed by atoms with E-state index in [1.165, 1.54) is 64.2 Å². The highest BCUT2D eigenvalue weighted by Gasteiger charge is 2.15. The minimum Gasteiger partial charge on any atom is -0.276 e. The van der Waals surface area contributed by atoms with Crippen LogP contribution in [-0.4, -0.2) is 11.8 Å². The van der Waals surface area contributed by atoms with E-state index in [0.29, 0.717) is 22.9 Å². The lowest BCUT2D eigenvalue weighted by atomic mass is 10.1. The third-order valence-corrected chi connectivity index (χ3v) is 6.12. The molecule has 3 nitrogen and oxygen atoms in total. The summed E-state index contributed by atoms with van der Waals surface area (Å²) in [6, 6.07) is 14.8. The Morgan fingerprint density at radius 3 is 1.91 bits per heavy atom. The third kappa shape index (κ3) is 9.94. The molecule has 0 radical (unpaired) electrons. The second-order valence-electron chi connectivity index (χ2n) is 8.29. The maximum Gasteiger partial charge on any atom is 0.252 e. The molecule has 32 heavy (non-hydrogen) atoms. The number of carbonyl (C=O) groups excluding carboxylic acids is 1. The largest absolute Gasteiger partial charge is 0.276 e. The summed E-state index contributed by atoms with van der Waals surface area (Å²) in [5.74, 6) is 0. The number of nitrogens with zero attached hydrogens (tertiary/aromatic N) is 1. The van der Waals surface area contributed by atoms with Crippen molar-refractivity contribution in [1.82, 2.24) is 0 Å². The summed E-state index contributed by atoms with van der Waals surface area (Å²) in [5.41, 5.74) is 1.95. The van der Waals surface area contributed by atoms with Crippen molar-refractivity contribution < 1.29 is 9.63 Å². The fraction of sp³-hybridized carbons (Fsp3) is 0.519. The third-order valence-electron chi connectivity index (χ3n) is 5.60. The van der Waals surface area contributed by atoms with Crippen LogP contribution in [0, 0.1) is 0 Å². The fourth-order valence-corrected chi connectivity index (χ4v) is 4.11. The molecule has 0 fully saturated rings. The van der Waals surface area contributed by atoms with Crippen molar-refractivity contribution in [2.24, 2.45) is 0 Å². The maximum atomic E-state index is 11.4. The van der Waals surface area contributed by atoms with Gasteiger partial charge in [-0.25, -0.2) is 5.06 Å². The van der Waals surface area contributed by atoms with Crippen LogP contribution in [0.5, 0.6) is 0 Å². The first-order valence-corrected chi connectivity index (χ1v) is 12.9. The average Bonchev–Trinajstić information content (AvgIpc) is 2.80. The summed E-state index contributed by atoms with van der Waals surface area (Å²) < 4.78 is 0. The highest BCUT2D eigenvalue weighted by atomic mass is 35.5. The van der Waals surface area contributed by atoms with E-state index in [9.17, 15) is 4.79 Å². The molecular formula is C27H37Cl2NO2. The topological polar surface area (TPSA) is 29.5 Å². The number of anilines is 2. The summed E-state index contributed by atoms with van der Waals surface area (Å²) in [6.07, 6.45) is 15.7. The lowest BCUT2D eigenvalue weighted by Gasteiger charge is -2.25. The highest BCUT2D eigenvalue weighted by Crippen LogP contribution is 2.33. The van der Waals surface area contributed by atoms with Gasteiger partial charge in [0.1, 0.15) is 0 Å². The van der Waals surface area contributed by atoms with Gasteiger partial charge in [-0.1, -0.05) is 107 Å². The van der Waals surface area contributed by atoms with E-state index in [4.69, 9.17) is 28.0 Å². The molecule has 0 saturated heterocycles. The van der Waals surface area contributed by atoms with Gasteiger partial charge in [0, 0.05) is 5.56 Å². The molecule has 2 rings (SSSR count).